The van der Waals surface area contributed by atoms with Crippen LogP contribution in [-0.2, 0) is 22.6 Å². The molecule has 0 unspecified atom stereocenters. The Balaban J connectivity index is 2.26. The first-order valence-electron chi connectivity index (χ1n) is 9.08. The molecule has 0 fully saturated rings. The normalized spacial score (nSPS) is 11.8. The summed E-state index contributed by atoms with van der Waals surface area (Å²) in [5, 5.41) is 2.91. The maximum atomic E-state index is 14.1. The fraction of sp³-hybridized carbons (Fsp3) is 0.333. The van der Waals surface area contributed by atoms with Crippen LogP contribution in [0.4, 0.5) is 8.78 Å². The Kier molecular flexibility index (Phi) is 7.93. The van der Waals surface area contributed by atoms with Crippen molar-refractivity contribution in [3.8, 4) is 0 Å². The maximum Gasteiger partial charge on any atom is 0.242 e. The Morgan fingerprint density at radius 2 is 1.82 bits per heavy atom. The van der Waals surface area contributed by atoms with Crippen molar-refractivity contribution in [1.29, 1.82) is 0 Å². The van der Waals surface area contributed by atoms with E-state index in [0.29, 0.717) is 12.1 Å². The molecule has 150 valence electrons. The van der Waals surface area contributed by atoms with Crippen LogP contribution < -0.4 is 5.32 Å². The molecule has 4 nitrogen and oxygen atoms in total. The minimum Gasteiger partial charge on any atom is -0.354 e. The summed E-state index contributed by atoms with van der Waals surface area (Å²) in [5.74, 6) is -1.73. The van der Waals surface area contributed by atoms with E-state index in [9.17, 15) is 18.4 Å². The third kappa shape index (κ3) is 5.76. The minimum atomic E-state index is -0.783. The van der Waals surface area contributed by atoms with E-state index in [1.165, 1.54) is 35.2 Å². The molecular weight excluding hydrogens is 386 g/mol. The number of hydrogen-bond acceptors (Lipinski definition) is 2. The van der Waals surface area contributed by atoms with Crippen LogP contribution in [-0.4, -0.2) is 29.3 Å². The van der Waals surface area contributed by atoms with Crippen molar-refractivity contribution in [2.45, 2.75) is 39.3 Å². The van der Waals surface area contributed by atoms with Crippen LogP contribution in [0.5, 0.6) is 0 Å². The van der Waals surface area contributed by atoms with Gasteiger partial charge in [-0.1, -0.05) is 36.7 Å². The number of carbonyl (C=O) groups excluding carboxylic acids is 2. The summed E-state index contributed by atoms with van der Waals surface area (Å²) in [7, 11) is 0. The average Bonchev–Trinajstić information content (AvgIpc) is 2.67. The molecule has 0 saturated heterocycles. The zero-order valence-electron chi connectivity index (χ0n) is 15.8. The van der Waals surface area contributed by atoms with Crippen molar-refractivity contribution >= 4 is 23.4 Å². The molecule has 7 heteroatoms. The fourth-order valence-electron chi connectivity index (χ4n) is 2.72. The number of carbonyl (C=O) groups is 2. The summed E-state index contributed by atoms with van der Waals surface area (Å²) in [6.45, 7) is 4.11. The lowest BCUT2D eigenvalue weighted by Gasteiger charge is -2.29. The second-order valence-corrected chi connectivity index (χ2v) is 6.90. The number of halogens is 3. The van der Waals surface area contributed by atoms with Crippen LogP contribution in [0.3, 0.4) is 0 Å². The van der Waals surface area contributed by atoms with Gasteiger partial charge in [0, 0.05) is 23.7 Å². The molecule has 0 aromatic heterocycles. The van der Waals surface area contributed by atoms with E-state index in [0.717, 1.165) is 6.42 Å². The predicted octanol–water partition coefficient (Wildman–Crippen LogP) is 4.10. The lowest BCUT2D eigenvalue weighted by Crippen LogP contribution is -2.48. The molecule has 0 aliphatic heterocycles. The van der Waals surface area contributed by atoms with E-state index in [1.807, 2.05) is 6.92 Å². The zero-order valence-corrected chi connectivity index (χ0v) is 16.6. The van der Waals surface area contributed by atoms with Crippen LogP contribution in [0.2, 0.25) is 5.02 Å². The van der Waals surface area contributed by atoms with Gasteiger partial charge >= 0.3 is 0 Å². The molecule has 28 heavy (non-hydrogen) atoms. The lowest BCUT2D eigenvalue weighted by molar-refractivity contribution is -0.140. The summed E-state index contributed by atoms with van der Waals surface area (Å²) in [6.07, 6.45) is 0.479. The summed E-state index contributed by atoms with van der Waals surface area (Å²) >= 11 is 6.03. The number of nitrogens with zero attached hydrogens (tertiary/aromatic N) is 1. The van der Waals surface area contributed by atoms with Crippen molar-refractivity contribution in [3.05, 3.63) is 70.2 Å². The predicted molar refractivity (Wildman–Crippen MR) is 105 cm³/mol. The molecule has 1 atom stereocenters. The van der Waals surface area contributed by atoms with Crippen molar-refractivity contribution in [3.63, 3.8) is 0 Å². The van der Waals surface area contributed by atoms with Crippen LogP contribution >= 0.6 is 11.6 Å². The van der Waals surface area contributed by atoms with Crippen LogP contribution in [0.1, 0.15) is 31.4 Å². The lowest BCUT2D eigenvalue weighted by atomic mass is 10.1. The summed E-state index contributed by atoms with van der Waals surface area (Å²) in [5.41, 5.74) is 0.740. The Hall–Kier alpha value is -2.47. The number of nitrogens with one attached hydrogen (secondary N) is 1. The molecule has 0 aliphatic rings. The van der Waals surface area contributed by atoms with E-state index in [1.54, 1.807) is 19.1 Å². The monoisotopic (exact) mass is 408 g/mol. The number of amides is 2. The van der Waals surface area contributed by atoms with Gasteiger partial charge in [-0.15, -0.1) is 0 Å². The van der Waals surface area contributed by atoms with Gasteiger partial charge in [-0.3, -0.25) is 9.59 Å². The van der Waals surface area contributed by atoms with Gasteiger partial charge in [0.25, 0.3) is 0 Å². The highest BCUT2D eigenvalue weighted by molar-refractivity contribution is 6.31. The van der Waals surface area contributed by atoms with Crippen LogP contribution in [0.15, 0.2) is 42.5 Å². The smallest absolute Gasteiger partial charge is 0.242 e. The van der Waals surface area contributed by atoms with E-state index < -0.39 is 23.6 Å². The SMILES string of the molecule is CCCNC(=O)[C@H](C)N(Cc1ccc(F)cc1)C(=O)Cc1c(F)cccc1Cl. The second-order valence-electron chi connectivity index (χ2n) is 6.49. The van der Waals surface area contributed by atoms with Crippen molar-refractivity contribution in [2.75, 3.05) is 6.54 Å². The van der Waals surface area contributed by atoms with Gasteiger partial charge in [0.1, 0.15) is 17.7 Å². The van der Waals surface area contributed by atoms with Crippen LogP contribution in [0, 0.1) is 11.6 Å². The first kappa shape index (κ1) is 21.8. The van der Waals surface area contributed by atoms with Gasteiger partial charge in [0.05, 0.1) is 6.42 Å². The highest BCUT2D eigenvalue weighted by atomic mass is 35.5. The maximum absolute atomic E-state index is 14.1. The average molecular weight is 409 g/mol. The van der Waals surface area contributed by atoms with Gasteiger partial charge in [0.2, 0.25) is 11.8 Å². The van der Waals surface area contributed by atoms with Gasteiger partial charge in [0.15, 0.2) is 0 Å². The van der Waals surface area contributed by atoms with Gasteiger partial charge in [-0.25, -0.2) is 8.78 Å². The fourth-order valence-corrected chi connectivity index (χ4v) is 2.95. The highest BCUT2D eigenvalue weighted by Gasteiger charge is 2.27. The van der Waals surface area contributed by atoms with Crippen molar-refractivity contribution in [1.82, 2.24) is 10.2 Å². The van der Waals surface area contributed by atoms with E-state index in [4.69, 9.17) is 11.6 Å². The molecule has 2 rings (SSSR count). The van der Waals surface area contributed by atoms with Crippen LogP contribution in [0.25, 0.3) is 0 Å². The molecular formula is C21H23ClF2N2O2. The van der Waals surface area contributed by atoms with Gasteiger partial charge in [-0.05, 0) is 43.2 Å². The molecule has 0 saturated carbocycles. The molecule has 0 spiro atoms. The third-order valence-corrected chi connectivity index (χ3v) is 4.73. The Labute approximate surface area is 168 Å². The molecule has 2 aromatic rings. The molecule has 1 N–H and O–H groups in total. The summed E-state index contributed by atoms with van der Waals surface area (Å²) in [6, 6.07) is 9.08. The highest BCUT2D eigenvalue weighted by Crippen LogP contribution is 2.21. The minimum absolute atomic E-state index is 0.0828. The molecule has 2 aromatic carbocycles. The Morgan fingerprint density at radius 1 is 1.14 bits per heavy atom. The number of rotatable bonds is 8. The quantitative estimate of drug-likeness (QED) is 0.714. The van der Waals surface area contributed by atoms with E-state index in [-0.39, 0.29) is 29.5 Å². The second kappa shape index (κ2) is 10.2. The summed E-state index contributed by atoms with van der Waals surface area (Å²) in [4.78, 5) is 26.7. The Morgan fingerprint density at radius 3 is 2.43 bits per heavy atom. The largest absolute Gasteiger partial charge is 0.354 e. The molecule has 0 radical (unpaired) electrons. The first-order chi connectivity index (χ1) is 13.3. The molecule has 0 heterocycles. The van der Waals surface area contributed by atoms with E-state index >= 15 is 0 Å². The summed E-state index contributed by atoms with van der Waals surface area (Å²) < 4.78 is 27.3. The van der Waals surface area contributed by atoms with E-state index in [2.05, 4.69) is 5.32 Å². The zero-order chi connectivity index (χ0) is 20.7. The van der Waals surface area contributed by atoms with Gasteiger partial charge in [-0.2, -0.15) is 0 Å². The first-order valence-corrected chi connectivity index (χ1v) is 9.45. The number of hydrogen-bond donors (Lipinski definition) is 1. The topological polar surface area (TPSA) is 49.4 Å². The molecule has 2 amide bonds. The number of benzene rings is 2. The van der Waals surface area contributed by atoms with Crippen molar-refractivity contribution < 1.29 is 18.4 Å². The standard InChI is InChI=1S/C21H23ClF2N2O2/c1-3-11-25-21(28)14(2)26(13-15-7-9-16(23)10-8-15)20(27)12-17-18(22)5-4-6-19(17)24/h4-10,14H,3,11-13H2,1-2H3,(H,25,28)/t14-/m0/s1. The third-order valence-electron chi connectivity index (χ3n) is 4.37. The molecule has 0 aliphatic carbocycles. The Bertz CT molecular complexity index is 807. The van der Waals surface area contributed by atoms with Crippen molar-refractivity contribution in [2.24, 2.45) is 0 Å². The molecule has 0 bridgehead atoms. The van der Waals surface area contributed by atoms with Gasteiger partial charge < -0.3 is 10.2 Å².